The van der Waals surface area contributed by atoms with E-state index in [0.717, 1.165) is 0 Å². The summed E-state index contributed by atoms with van der Waals surface area (Å²) < 4.78 is 33.9. The average molecular weight is 410 g/mol. The number of rotatable bonds is 7. The van der Waals surface area contributed by atoms with Crippen LogP contribution in [-0.4, -0.2) is 25.5 Å². The number of nitrogens with zero attached hydrogens (tertiary/aromatic N) is 4. The molecule has 1 aromatic carbocycles. The quantitative estimate of drug-likeness (QED) is 0.634. The minimum atomic E-state index is -2.69. The van der Waals surface area contributed by atoms with E-state index < -0.39 is 18.4 Å². The number of benzene rings is 1. The fraction of sp³-hybridized carbons (Fsp3) is 0.278. The molecule has 2 aromatic heterocycles. The normalized spacial score (nSPS) is 12.2. The van der Waals surface area contributed by atoms with Crippen molar-refractivity contribution in [3.63, 3.8) is 0 Å². The van der Waals surface area contributed by atoms with Crippen LogP contribution in [0.5, 0.6) is 5.75 Å². The third kappa shape index (κ3) is 4.66. The molecule has 3 rings (SSSR count). The molecule has 0 bridgehead atoms. The van der Waals surface area contributed by atoms with Gasteiger partial charge in [-0.25, -0.2) is 13.5 Å². The van der Waals surface area contributed by atoms with E-state index >= 15 is 0 Å². The highest BCUT2D eigenvalue weighted by atomic mass is 35.5. The van der Waals surface area contributed by atoms with Crippen molar-refractivity contribution in [2.45, 2.75) is 33.0 Å². The van der Waals surface area contributed by atoms with Crippen molar-refractivity contribution in [1.82, 2.24) is 19.6 Å². The fourth-order valence-electron chi connectivity index (χ4n) is 2.56. The number of hydrogen-bond donors (Lipinski definition) is 1. The Balaban J connectivity index is 1.60. The standard InChI is InChI=1S/C18H18ClF2N5O2/c1-11-6-16(17(20)21)24-26(11)12(2)18(27)23-14-8-22-25(9-14)10-28-15-5-3-4-13(19)7-15/h3-9,12,17H,10H2,1-2H3,(H,23,27). The Morgan fingerprint density at radius 3 is 2.82 bits per heavy atom. The molecule has 28 heavy (non-hydrogen) atoms. The number of hydrogen-bond acceptors (Lipinski definition) is 4. The van der Waals surface area contributed by atoms with Crippen molar-refractivity contribution in [2.75, 3.05) is 5.32 Å². The SMILES string of the molecule is Cc1cc(C(F)F)nn1C(C)C(=O)Nc1cnn(COc2cccc(Cl)c2)c1. The number of anilines is 1. The number of halogens is 3. The lowest BCUT2D eigenvalue weighted by atomic mass is 10.3. The summed E-state index contributed by atoms with van der Waals surface area (Å²) in [5.41, 5.74) is 0.567. The number of carbonyl (C=O) groups excluding carboxylic acids is 1. The van der Waals surface area contributed by atoms with Gasteiger partial charge in [0.1, 0.15) is 17.5 Å². The number of ether oxygens (including phenoxy) is 1. The van der Waals surface area contributed by atoms with Gasteiger partial charge < -0.3 is 10.1 Å². The molecule has 1 atom stereocenters. The Bertz CT molecular complexity index is 973. The van der Waals surface area contributed by atoms with Gasteiger partial charge in [-0.15, -0.1) is 0 Å². The number of aryl methyl sites for hydroxylation is 1. The van der Waals surface area contributed by atoms with Gasteiger partial charge in [0, 0.05) is 10.7 Å². The van der Waals surface area contributed by atoms with Gasteiger partial charge in [0.25, 0.3) is 6.43 Å². The summed E-state index contributed by atoms with van der Waals surface area (Å²) in [6.07, 6.45) is 0.371. The molecule has 1 unspecified atom stereocenters. The van der Waals surface area contributed by atoms with Crippen molar-refractivity contribution >= 4 is 23.2 Å². The number of alkyl halides is 2. The van der Waals surface area contributed by atoms with Crippen LogP contribution >= 0.6 is 11.6 Å². The second-order valence-corrected chi connectivity index (χ2v) is 6.56. The average Bonchev–Trinajstić information content (AvgIpc) is 3.26. The summed E-state index contributed by atoms with van der Waals surface area (Å²) in [6, 6.07) is 7.45. The van der Waals surface area contributed by atoms with E-state index in [-0.39, 0.29) is 12.4 Å². The van der Waals surface area contributed by atoms with E-state index in [4.69, 9.17) is 16.3 Å². The Morgan fingerprint density at radius 1 is 1.36 bits per heavy atom. The number of amides is 1. The first-order valence-electron chi connectivity index (χ1n) is 8.39. The third-order valence-corrected chi connectivity index (χ3v) is 4.21. The van der Waals surface area contributed by atoms with Gasteiger partial charge in [-0.05, 0) is 38.1 Å². The molecule has 0 saturated carbocycles. The Hall–Kier alpha value is -2.94. The smallest absolute Gasteiger partial charge is 0.282 e. The van der Waals surface area contributed by atoms with Crippen LogP contribution in [0.1, 0.15) is 30.8 Å². The van der Waals surface area contributed by atoms with Crippen LogP contribution in [0.4, 0.5) is 14.5 Å². The van der Waals surface area contributed by atoms with Crippen LogP contribution < -0.4 is 10.1 Å². The summed E-state index contributed by atoms with van der Waals surface area (Å²) in [4.78, 5) is 12.4. The van der Waals surface area contributed by atoms with E-state index in [9.17, 15) is 13.6 Å². The highest BCUT2D eigenvalue weighted by molar-refractivity contribution is 6.30. The molecular formula is C18H18ClF2N5O2. The first-order chi connectivity index (χ1) is 13.3. The van der Waals surface area contributed by atoms with Gasteiger partial charge >= 0.3 is 0 Å². The zero-order valence-corrected chi connectivity index (χ0v) is 15.9. The Labute approximate surface area is 164 Å². The van der Waals surface area contributed by atoms with Gasteiger partial charge in [-0.3, -0.25) is 9.48 Å². The molecule has 1 amide bonds. The second kappa shape index (κ2) is 8.39. The van der Waals surface area contributed by atoms with Crippen LogP contribution in [0, 0.1) is 6.92 Å². The lowest BCUT2D eigenvalue weighted by molar-refractivity contribution is -0.119. The molecule has 0 fully saturated rings. The van der Waals surface area contributed by atoms with Gasteiger partial charge in [0.2, 0.25) is 5.91 Å². The van der Waals surface area contributed by atoms with E-state index in [2.05, 4.69) is 15.5 Å². The van der Waals surface area contributed by atoms with Gasteiger partial charge in [0.05, 0.1) is 18.1 Å². The zero-order valence-electron chi connectivity index (χ0n) is 15.1. The zero-order chi connectivity index (χ0) is 20.3. The maximum absolute atomic E-state index is 12.8. The molecule has 10 heteroatoms. The number of carbonyl (C=O) groups is 1. The summed E-state index contributed by atoms with van der Waals surface area (Å²) in [5.74, 6) is 0.188. The maximum Gasteiger partial charge on any atom is 0.282 e. The Morgan fingerprint density at radius 2 is 2.14 bits per heavy atom. The van der Waals surface area contributed by atoms with Gasteiger partial charge in [-0.1, -0.05) is 17.7 Å². The van der Waals surface area contributed by atoms with Crippen LogP contribution in [0.3, 0.4) is 0 Å². The van der Waals surface area contributed by atoms with Crippen LogP contribution in [0.25, 0.3) is 0 Å². The van der Waals surface area contributed by atoms with Crippen molar-refractivity contribution in [3.8, 4) is 5.75 Å². The van der Waals surface area contributed by atoms with E-state index in [1.807, 2.05) is 0 Å². The lowest BCUT2D eigenvalue weighted by Crippen LogP contribution is -2.25. The van der Waals surface area contributed by atoms with E-state index in [1.54, 1.807) is 44.3 Å². The molecule has 2 heterocycles. The van der Waals surface area contributed by atoms with Gasteiger partial charge in [0.15, 0.2) is 6.73 Å². The largest absolute Gasteiger partial charge is 0.471 e. The molecule has 0 aliphatic rings. The highest BCUT2D eigenvalue weighted by Gasteiger charge is 2.21. The van der Waals surface area contributed by atoms with Crippen molar-refractivity contribution in [3.05, 3.63) is 59.1 Å². The van der Waals surface area contributed by atoms with Crippen molar-refractivity contribution in [1.29, 1.82) is 0 Å². The summed E-state index contributed by atoms with van der Waals surface area (Å²) in [6.45, 7) is 3.33. The fourth-order valence-corrected chi connectivity index (χ4v) is 2.75. The molecule has 7 nitrogen and oxygen atoms in total. The first kappa shape index (κ1) is 19.8. The molecule has 0 saturated heterocycles. The van der Waals surface area contributed by atoms with E-state index in [0.29, 0.717) is 22.2 Å². The van der Waals surface area contributed by atoms with Crippen molar-refractivity contribution < 1.29 is 18.3 Å². The molecule has 0 aliphatic heterocycles. The second-order valence-electron chi connectivity index (χ2n) is 6.12. The predicted octanol–water partition coefficient (Wildman–Crippen LogP) is 4.22. The predicted molar refractivity (Wildman–Crippen MR) is 99.6 cm³/mol. The number of nitrogens with one attached hydrogen (secondary N) is 1. The van der Waals surface area contributed by atoms with Crippen LogP contribution in [-0.2, 0) is 11.5 Å². The minimum absolute atomic E-state index is 0.127. The highest BCUT2D eigenvalue weighted by Crippen LogP contribution is 2.21. The summed E-state index contributed by atoms with van der Waals surface area (Å²) in [7, 11) is 0. The third-order valence-electron chi connectivity index (χ3n) is 3.97. The minimum Gasteiger partial charge on any atom is -0.471 e. The molecule has 0 aliphatic carbocycles. The maximum atomic E-state index is 12.8. The molecule has 1 N–H and O–H groups in total. The topological polar surface area (TPSA) is 74.0 Å². The lowest BCUT2D eigenvalue weighted by Gasteiger charge is -2.13. The number of aromatic nitrogens is 4. The van der Waals surface area contributed by atoms with Crippen LogP contribution in [0.2, 0.25) is 5.02 Å². The molecular weight excluding hydrogens is 392 g/mol. The molecule has 0 spiro atoms. The monoisotopic (exact) mass is 409 g/mol. The van der Waals surface area contributed by atoms with Crippen molar-refractivity contribution in [2.24, 2.45) is 0 Å². The van der Waals surface area contributed by atoms with Crippen LogP contribution in [0.15, 0.2) is 42.7 Å². The molecule has 3 aromatic rings. The van der Waals surface area contributed by atoms with Gasteiger partial charge in [-0.2, -0.15) is 10.2 Å². The first-order valence-corrected chi connectivity index (χ1v) is 8.77. The summed E-state index contributed by atoms with van der Waals surface area (Å²) >= 11 is 5.90. The Kier molecular flexibility index (Phi) is 5.93. The molecule has 0 radical (unpaired) electrons. The molecule has 148 valence electrons. The summed E-state index contributed by atoms with van der Waals surface area (Å²) in [5, 5.41) is 11.2. The van der Waals surface area contributed by atoms with E-state index in [1.165, 1.54) is 21.6 Å².